The second-order valence-electron chi connectivity index (χ2n) is 26.3. The van der Waals surface area contributed by atoms with Gasteiger partial charge in [-0.3, -0.25) is 9.59 Å². The molecule has 0 aromatic heterocycles. The smallest absolute Gasteiger partial charge is 0.305 e. The number of nitrogens with one attached hydrogen (secondary N) is 1. The van der Waals surface area contributed by atoms with Crippen LogP contribution in [0.3, 0.4) is 0 Å². The number of esters is 1. The lowest BCUT2D eigenvalue weighted by Gasteiger charge is -2.22. The maximum Gasteiger partial charge on any atom is 0.305 e. The van der Waals surface area contributed by atoms with Crippen molar-refractivity contribution >= 4 is 11.9 Å². The molecule has 0 rings (SSSR count). The molecule has 0 radical (unpaired) electrons. The quantitative estimate of drug-likeness (QED) is 0.0320. The van der Waals surface area contributed by atoms with Crippen LogP contribution in [-0.2, 0) is 14.3 Å². The standard InChI is InChI=1S/C76H149NO5/c1-3-5-7-9-11-13-15-17-19-21-37-40-44-48-52-56-60-64-68-74(79)73(72-78)77-75(80)69-65-61-57-53-49-45-41-38-35-33-31-29-27-25-23-22-24-26-28-30-32-34-36-39-43-47-51-55-59-63-67-71-82-76(81)70-66-62-58-54-50-46-42-20-18-16-14-12-10-8-6-4-2/h24,26,73-74,78-79H,3-23,25,27-72H2,1-2H3,(H,77,80)/b26-24-. The molecule has 488 valence electrons. The molecule has 0 heterocycles. The summed E-state index contributed by atoms with van der Waals surface area (Å²) in [6, 6.07) is -0.540. The van der Waals surface area contributed by atoms with Gasteiger partial charge < -0.3 is 20.3 Å². The molecule has 0 saturated carbocycles. The Bertz CT molecular complexity index is 1240. The second-order valence-corrected chi connectivity index (χ2v) is 26.3. The van der Waals surface area contributed by atoms with Gasteiger partial charge in [-0.15, -0.1) is 0 Å². The molecule has 3 N–H and O–H groups in total. The molecule has 0 aliphatic carbocycles. The lowest BCUT2D eigenvalue weighted by Crippen LogP contribution is -2.45. The van der Waals surface area contributed by atoms with Crippen molar-refractivity contribution in [3.63, 3.8) is 0 Å². The Morgan fingerprint density at radius 1 is 0.329 bits per heavy atom. The number of hydrogen-bond acceptors (Lipinski definition) is 5. The molecular weight excluding hydrogens is 1010 g/mol. The highest BCUT2D eigenvalue weighted by Gasteiger charge is 2.20. The molecule has 1 amide bonds. The third-order valence-electron chi connectivity index (χ3n) is 18.1. The normalized spacial score (nSPS) is 12.5. The number of aliphatic hydroxyl groups excluding tert-OH is 2. The van der Waals surface area contributed by atoms with Crippen LogP contribution in [0.25, 0.3) is 0 Å². The Morgan fingerprint density at radius 2 is 0.573 bits per heavy atom. The van der Waals surface area contributed by atoms with Crippen LogP contribution < -0.4 is 5.32 Å². The van der Waals surface area contributed by atoms with Gasteiger partial charge in [0.2, 0.25) is 5.91 Å². The summed E-state index contributed by atoms with van der Waals surface area (Å²) >= 11 is 0. The first-order valence-corrected chi connectivity index (χ1v) is 37.9. The Labute approximate surface area is 514 Å². The molecule has 0 bridgehead atoms. The van der Waals surface area contributed by atoms with Gasteiger partial charge in [-0.25, -0.2) is 0 Å². The number of carbonyl (C=O) groups is 2. The molecule has 0 aliphatic heterocycles. The molecule has 0 aromatic rings. The van der Waals surface area contributed by atoms with E-state index in [2.05, 4.69) is 31.3 Å². The van der Waals surface area contributed by atoms with Crippen LogP contribution in [0, 0.1) is 0 Å². The van der Waals surface area contributed by atoms with Gasteiger partial charge in [-0.1, -0.05) is 386 Å². The van der Waals surface area contributed by atoms with Crippen molar-refractivity contribution in [3.05, 3.63) is 12.2 Å². The summed E-state index contributed by atoms with van der Waals surface area (Å²) in [6.07, 6.45) is 90.0. The molecule has 6 nitrogen and oxygen atoms in total. The number of allylic oxidation sites excluding steroid dienone is 2. The molecule has 2 unspecified atom stereocenters. The minimum atomic E-state index is -0.663. The van der Waals surface area contributed by atoms with E-state index in [1.165, 1.54) is 366 Å². The number of aliphatic hydroxyl groups is 2. The van der Waals surface area contributed by atoms with Gasteiger partial charge in [0.15, 0.2) is 0 Å². The van der Waals surface area contributed by atoms with Crippen LogP contribution in [0.1, 0.15) is 438 Å². The molecule has 6 heteroatoms. The van der Waals surface area contributed by atoms with Crippen LogP contribution in [0.4, 0.5) is 0 Å². The molecular formula is C76H149NO5. The van der Waals surface area contributed by atoms with E-state index >= 15 is 0 Å². The van der Waals surface area contributed by atoms with E-state index in [0.717, 1.165) is 38.5 Å². The first-order valence-electron chi connectivity index (χ1n) is 37.9. The first kappa shape index (κ1) is 80.6. The van der Waals surface area contributed by atoms with Crippen molar-refractivity contribution in [2.24, 2.45) is 0 Å². The molecule has 0 aliphatic rings. The highest BCUT2D eigenvalue weighted by molar-refractivity contribution is 5.76. The zero-order valence-electron chi connectivity index (χ0n) is 56.0. The van der Waals surface area contributed by atoms with Crippen molar-refractivity contribution in [1.82, 2.24) is 5.32 Å². The van der Waals surface area contributed by atoms with Gasteiger partial charge in [0.25, 0.3) is 0 Å². The van der Waals surface area contributed by atoms with Gasteiger partial charge in [0.1, 0.15) is 0 Å². The average molecular weight is 1160 g/mol. The van der Waals surface area contributed by atoms with Crippen LogP contribution in [0.15, 0.2) is 12.2 Å². The minimum Gasteiger partial charge on any atom is -0.466 e. The summed E-state index contributed by atoms with van der Waals surface area (Å²) in [6.45, 7) is 5.01. The van der Waals surface area contributed by atoms with Gasteiger partial charge in [0.05, 0.1) is 25.4 Å². The van der Waals surface area contributed by atoms with Gasteiger partial charge in [-0.05, 0) is 51.4 Å². The van der Waals surface area contributed by atoms with Crippen molar-refractivity contribution in [3.8, 4) is 0 Å². The monoisotopic (exact) mass is 1160 g/mol. The summed E-state index contributed by atoms with van der Waals surface area (Å²) in [4.78, 5) is 24.6. The highest BCUT2D eigenvalue weighted by Crippen LogP contribution is 2.20. The molecule has 82 heavy (non-hydrogen) atoms. The molecule has 0 saturated heterocycles. The Balaban J connectivity index is 3.34. The lowest BCUT2D eigenvalue weighted by atomic mass is 10.0. The Kier molecular flexibility index (Phi) is 70.8. The van der Waals surface area contributed by atoms with Crippen LogP contribution in [-0.4, -0.2) is 47.4 Å². The van der Waals surface area contributed by atoms with E-state index in [0.29, 0.717) is 25.9 Å². The molecule has 0 aromatic carbocycles. The molecule has 2 atom stereocenters. The summed E-state index contributed by atoms with van der Waals surface area (Å²) in [7, 11) is 0. The molecule has 0 fully saturated rings. The van der Waals surface area contributed by atoms with Crippen molar-refractivity contribution < 1.29 is 24.5 Å². The van der Waals surface area contributed by atoms with E-state index in [4.69, 9.17) is 4.74 Å². The maximum absolute atomic E-state index is 12.5. The Morgan fingerprint density at radius 3 is 0.866 bits per heavy atom. The molecule has 0 spiro atoms. The predicted octanol–water partition coefficient (Wildman–Crippen LogP) is 24.7. The first-order chi connectivity index (χ1) is 40.5. The van der Waals surface area contributed by atoms with Crippen molar-refractivity contribution in [2.45, 2.75) is 450 Å². The number of amides is 1. The summed E-state index contributed by atoms with van der Waals surface area (Å²) < 4.78 is 5.51. The zero-order chi connectivity index (χ0) is 59.2. The fourth-order valence-electron chi connectivity index (χ4n) is 12.3. The van der Waals surface area contributed by atoms with E-state index in [1.807, 2.05) is 0 Å². The highest BCUT2D eigenvalue weighted by atomic mass is 16.5. The number of hydrogen-bond donors (Lipinski definition) is 3. The topological polar surface area (TPSA) is 95.9 Å². The summed E-state index contributed by atoms with van der Waals surface area (Å²) in [5.74, 6) is -0.00587. The fourth-order valence-corrected chi connectivity index (χ4v) is 12.3. The largest absolute Gasteiger partial charge is 0.466 e. The Hall–Kier alpha value is -1.40. The average Bonchev–Trinajstić information content (AvgIpc) is 3.48. The zero-order valence-corrected chi connectivity index (χ0v) is 56.0. The minimum absolute atomic E-state index is 0.0223. The number of unbranched alkanes of at least 4 members (excludes halogenated alkanes) is 59. The van der Waals surface area contributed by atoms with Crippen molar-refractivity contribution in [1.29, 1.82) is 0 Å². The second kappa shape index (κ2) is 72.1. The lowest BCUT2D eigenvalue weighted by molar-refractivity contribution is -0.143. The van der Waals surface area contributed by atoms with Crippen LogP contribution >= 0.6 is 0 Å². The van der Waals surface area contributed by atoms with Crippen LogP contribution in [0.2, 0.25) is 0 Å². The maximum atomic E-state index is 12.5. The van der Waals surface area contributed by atoms with E-state index in [9.17, 15) is 19.8 Å². The van der Waals surface area contributed by atoms with Gasteiger partial charge >= 0.3 is 5.97 Å². The number of carbonyl (C=O) groups excluding carboxylic acids is 2. The van der Waals surface area contributed by atoms with E-state index in [1.54, 1.807) is 0 Å². The third kappa shape index (κ3) is 67.7. The van der Waals surface area contributed by atoms with Gasteiger partial charge in [-0.2, -0.15) is 0 Å². The van der Waals surface area contributed by atoms with Gasteiger partial charge in [0, 0.05) is 12.8 Å². The van der Waals surface area contributed by atoms with Crippen LogP contribution in [0.5, 0.6) is 0 Å². The van der Waals surface area contributed by atoms with E-state index in [-0.39, 0.29) is 18.5 Å². The number of rotatable bonds is 72. The van der Waals surface area contributed by atoms with E-state index < -0.39 is 12.1 Å². The third-order valence-corrected chi connectivity index (χ3v) is 18.1. The predicted molar refractivity (Wildman–Crippen MR) is 361 cm³/mol. The van der Waals surface area contributed by atoms with Crippen molar-refractivity contribution in [2.75, 3.05) is 13.2 Å². The SMILES string of the molecule is CCCCCCCCCCCCCCCCCCCCC(O)C(CO)NC(=O)CCCCCCCCCCCCCCCCC/C=C\CCCCCCCCCCCCCCOC(=O)CCCCCCCCCCCCCCCCCC. The summed E-state index contributed by atoms with van der Waals surface area (Å²) in [5.41, 5.74) is 0. The fraction of sp³-hybridized carbons (Fsp3) is 0.947. The number of ether oxygens (including phenoxy) is 1. The summed E-state index contributed by atoms with van der Waals surface area (Å²) in [5, 5.41) is 23.4.